The second kappa shape index (κ2) is 171. The van der Waals surface area contributed by atoms with Crippen LogP contribution in [0.3, 0.4) is 0 Å². The van der Waals surface area contributed by atoms with Crippen LogP contribution in [0.15, 0.2) is 248 Å². The first-order valence-electron chi connectivity index (χ1n) is 32.6. The predicted octanol–water partition coefficient (Wildman–Crippen LogP) is 30.6. The van der Waals surface area contributed by atoms with Gasteiger partial charge in [-0.05, 0) is 50.5 Å². The van der Waals surface area contributed by atoms with Gasteiger partial charge in [0.05, 0.1) is 11.8 Å². The highest BCUT2D eigenvalue weighted by atomic mass is 32.1. The van der Waals surface area contributed by atoms with Gasteiger partial charge >= 0.3 is 0 Å². The van der Waals surface area contributed by atoms with Crippen LogP contribution in [0.1, 0.15) is 244 Å². The molecule has 0 aliphatic carbocycles. The number of rotatable bonds is 0. The number of hydrogen-bond acceptors (Lipinski definition) is 7. The lowest BCUT2D eigenvalue weighted by Gasteiger charge is -1.92. The van der Waals surface area contributed by atoms with Gasteiger partial charge in [-0.2, -0.15) is 11.3 Å². The minimum atomic E-state index is 0. The quantitative estimate of drug-likeness (QED) is 0.164. The molecule has 88 heavy (non-hydrogen) atoms. The van der Waals surface area contributed by atoms with Crippen molar-refractivity contribution in [1.82, 2.24) is 29.9 Å². The van der Waals surface area contributed by atoms with Crippen LogP contribution in [0.25, 0.3) is 21.5 Å². The third-order valence-electron chi connectivity index (χ3n) is 6.21. The third-order valence-corrected chi connectivity index (χ3v) is 7.36. The van der Waals surface area contributed by atoms with Crippen molar-refractivity contribution in [2.24, 2.45) is 0 Å². The highest BCUT2D eigenvalue weighted by molar-refractivity contribution is 7.07. The lowest BCUT2D eigenvalue weighted by Crippen LogP contribution is -1.67. The fraction of sp³-hybridized carbons (Fsp3) is 0.438. The van der Waals surface area contributed by atoms with Gasteiger partial charge in [0.2, 0.25) is 0 Å². The zero-order valence-electron chi connectivity index (χ0n) is 61.2. The first-order valence-corrected chi connectivity index (χ1v) is 34.5. The molecule has 6 nitrogen and oxygen atoms in total. The summed E-state index contributed by atoms with van der Waals surface area (Å²) in [6.45, 7) is 64.0. The van der Waals surface area contributed by atoms with E-state index in [9.17, 15) is 0 Å². The van der Waals surface area contributed by atoms with Gasteiger partial charge in [-0.3, -0.25) is 9.97 Å². The molecule has 0 spiro atoms. The second-order valence-corrected chi connectivity index (χ2v) is 11.6. The number of fused-ring (bicyclic) bond motifs is 2. The lowest BCUT2D eigenvalue weighted by atomic mass is 10.1. The molecule has 5 heterocycles. The number of benzene rings is 5. The molecule has 0 bridgehead atoms. The lowest BCUT2D eigenvalue weighted by molar-refractivity contribution is 1.17. The summed E-state index contributed by atoms with van der Waals surface area (Å²) < 4.78 is 0. The molecule has 0 atom stereocenters. The van der Waals surface area contributed by atoms with Crippen molar-refractivity contribution in [2.45, 2.75) is 244 Å². The zero-order valence-corrected chi connectivity index (χ0v) is 62.9. The van der Waals surface area contributed by atoms with E-state index in [-0.39, 0.29) is 22.3 Å². The summed E-state index contributed by atoms with van der Waals surface area (Å²) in [6.07, 6.45) is 15.2. The van der Waals surface area contributed by atoms with Crippen LogP contribution in [-0.4, -0.2) is 29.9 Å². The van der Waals surface area contributed by atoms with Gasteiger partial charge in [-0.15, -0.1) is 11.3 Å². The van der Waals surface area contributed by atoms with Crippen molar-refractivity contribution < 1.29 is 0 Å². The predicted molar refractivity (Wildman–Crippen MR) is 427 cm³/mol. The summed E-state index contributed by atoms with van der Waals surface area (Å²) in [5, 5.41) is 11.3. The second-order valence-electron chi connectivity index (χ2n) is 10.0. The molecule has 10 rings (SSSR count). The highest BCUT2D eigenvalue weighted by Crippen LogP contribution is 2.12. The van der Waals surface area contributed by atoms with Crippen LogP contribution < -0.4 is 0 Å². The van der Waals surface area contributed by atoms with Crippen LogP contribution in [0, 0.1) is 0 Å². The third kappa shape index (κ3) is 125. The molecule has 8 heteroatoms. The normalized spacial score (nSPS) is 6.36. The molecule has 1 N–H and O–H groups in total. The number of H-pyrrole nitrogens is 1. The number of thiophene rings is 1. The summed E-state index contributed by atoms with van der Waals surface area (Å²) in [4.78, 5) is 21.3. The first-order chi connectivity index (χ1) is 42.4. The Labute approximate surface area is 562 Å². The number of imidazole rings is 1. The Balaban J connectivity index is -0.0000000411. The van der Waals surface area contributed by atoms with E-state index in [2.05, 4.69) is 127 Å². The molecule has 0 aliphatic heterocycles. The van der Waals surface area contributed by atoms with E-state index in [0.29, 0.717) is 0 Å². The standard InChI is InChI=1S/2C10H8.C6H6.C5H5N.C4H4N2.C4H4S.C3H4N2.C3H3NS.16C2H6.3CH4/c2*1-2-6-10-8-4-3-7-9(10)5-1;2*1-2-4-6-5-3-1;1-2-5-4-6-3-1;1-2-4-5-3-1;2*1-2-5-3-4-1;16*1-2;;;/h2*1-8H;1-6H;1-5H;1-4H;1-4H;1-3H,(H,4,5);1-3H;16*1-2H3;3*1H4. The number of hydrogen-bond donors (Lipinski definition) is 1. The van der Waals surface area contributed by atoms with E-state index >= 15 is 0 Å². The maximum atomic E-state index is 3.78. The van der Waals surface area contributed by atoms with Gasteiger partial charge < -0.3 is 4.98 Å². The zero-order chi connectivity index (χ0) is 69.0. The average molecular weight is 1260 g/mol. The van der Waals surface area contributed by atoms with Crippen LogP contribution in [0.4, 0.5) is 0 Å². The smallest absolute Gasteiger partial charge is 0.115 e. The van der Waals surface area contributed by atoms with Gasteiger partial charge in [-0.1, -0.05) is 395 Å². The maximum absolute atomic E-state index is 3.78. The largest absolute Gasteiger partial charge is 0.351 e. The van der Waals surface area contributed by atoms with Gasteiger partial charge in [0, 0.05) is 48.8 Å². The highest BCUT2D eigenvalue weighted by Gasteiger charge is 1.86. The molecule has 5 aromatic heterocycles. The Morgan fingerprint density at radius 2 is 0.489 bits per heavy atom. The molecular formula is C80H150N6S2. The van der Waals surface area contributed by atoms with Crippen molar-refractivity contribution in [3.63, 3.8) is 0 Å². The topological polar surface area (TPSA) is 80.2 Å². The molecule has 0 radical (unpaired) electrons. The van der Waals surface area contributed by atoms with Gasteiger partial charge in [0.25, 0.3) is 0 Å². The van der Waals surface area contributed by atoms with Crippen molar-refractivity contribution in [1.29, 1.82) is 0 Å². The monoisotopic (exact) mass is 1260 g/mol. The Morgan fingerprint density at radius 3 is 0.591 bits per heavy atom. The summed E-state index contributed by atoms with van der Waals surface area (Å²) in [6, 6.07) is 57.0. The summed E-state index contributed by atoms with van der Waals surface area (Å²) in [5.74, 6) is 0. The molecule has 512 valence electrons. The Morgan fingerprint density at radius 1 is 0.227 bits per heavy atom. The molecule has 0 saturated carbocycles. The fourth-order valence-electron chi connectivity index (χ4n) is 3.83. The Hall–Kier alpha value is -6.61. The maximum Gasteiger partial charge on any atom is 0.115 e. The SMILES string of the molecule is C.C.C.CC.CC.CC.CC.CC.CC.CC.CC.CC.CC.CC.CC.CC.CC.CC.CC.c1c[nH]cn1.c1ccc2ccccc2c1.c1ccc2ccccc2c1.c1ccccc1.c1ccncc1.c1ccsc1.c1cncnc1.c1cscn1. The summed E-state index contributed by atoms with van der Waals surface area (Å²) in [5.41, 5.74) is 1.79. The van der Waals surface area contributed by atoms with Crippen LogP contribution >= 0.6 is 22.7 Å². The Bertz CT molecular complexity index is 1670. The molecule has 0 saturated heterocycles. The summed E-state index contributed by atoms with van der Waals surface area (Å²) in [7, 11) is 0. The molecule has 10 aromatic rings. The molecule has 5 aromatic carbocycles. The van der Waals surface area contributed by atoms with E-state index in [1.807, 2.05) is 304 Å². The first kappa shape index (κ1) is 127. The molecule has 0 aliphatic rings. The number of nitrogens with zero attached hydrogens (tertiary/aromatic N) is 5. The van der Waals surface area contributed by atoms with Crippen molar-refractivity contribution in [3.8, 4) is 0 Å². The van der Waals surface area contributed by atoms with E-state index in [1.165, 1.54) is 27.9 Å². The average Bonchev–Trinajstić information content (AvgIpc) is 4.58. The van der Waals surface area contributed by atoms with E-state index in [0.717, 1.165) is 0 Å². The van der Waals surface area contributed by atoms with Crippen molar-refractivity contribution in [3.05, 3.63) is 248 Å². The number of nitrogens with one attached hydrogen (secondary N) is 1. The van der Waals surface area contributed by atoms with Gasteiger partial charge in [0.1, 0.15) is 6.33 Å². The molecular weight excluding hydrogens is 1110 g/mol. The minimum Gasteiger partial charge on any atom is -0.351 e. The van der Waals surface area contributed by atoms with Crippen LogP contribution in [-0.2, 0) is 0 Å². The Kier molecular flexibility index (Phi) is 247. The minimum absolute atomic E-state index is 0. The number of thiazole rings is 1. The number of pyridine rings is 1. The summed E-state index contributed by atoms with van der Waals surface area (Å²) >= 11 is 3.31. The van der Waals surface area contributed by atoms with Gasteiger partial charge in [-0.25, -0.2) is 15.0 Å². The number of aromatic nitrogens is 6. The van der Waals surface area contributed by atoms with Crippen molar-refractivity contribution >= 4 is 44.2 Å². The fourth-order valence-corrected chi connectivity index (χ4v) is 4.64. The number of aromatic amines is 1. The van der Waals surface area contributed by atoms with Gasteiger partial charge in [0.15, 0.2) is 0 Å². The van der Waals surface area contributed by atoms with E-state index in [1.54, 1.807) is 84.0 Å². The van der Waals surface area contributed by atoms with Crippen LogP contribution in [0.5, 0.6) is 0 Å². The van der Waals surface area contributed by atoms with Crippen LogP contribution in [0.2, 0.25) is 0 Å². The molecule has 0 unspecified atom stereocenters. The van der Waals surface area contributed by atoms with Crippen molar-refractivity contribution in [2.75, 3.05) is 0 Å². The molecule has 0 amide bonds. The van der Waals surface area contributed by atoms with E-state index < -0.39 is 0 Å². The molecule has 0 fully saturated rings. The van der Waals surface area contributed by atoms with E-state index in [4.69, 9.17) is 0 Å².